The third-order valence-electron chi connectivity index (χ3n) is 7.16. The maximum Gasteiger partial charge on any atom is 0.338 e. The summed E-state index contributed by atoms with van der Waals surface area (Å²) in [5.74, 6) is 0.820. The molecule has 0 N–H and O–H groups in total. The van der Waals surface area contributed by atoms with Crippen LogP contribution in [0.25, 0.3) is 0 Å². The highest BCUT2D eigenvalue weighted by Crippen LogP contribution is 2.38. The van der Waals surface area contributed by atoms with Gasteiger partial charge >= 0.3 is 11.9 Å². The molecule has 3 rings (SSSR count). The molecule has 43 heavy (non-hydrogen) atoms. The van der Waals surface area contributed by atoms with Crippen molar-refractivity contribution < 1.29 is 47.5 Å². The number of rotatable bonds is 16. The second kappa shape index (κ2) is 17.2. The van der Waals surface area contributed by atoms with Crippen molar-refractivity contribution in [2.75, 3.05) is 88.0 Å². The Morgan fingerprint density at radius 1 is 0.651 bits per heavy atom. The molecule has 1 saturated heterocycles. The average Bonchev–Trinajstić information content (AvgIpc) is 3.28. The topological polar surface area (TPSA) is 122 Å². The number of ether oxygens (including phenoxy) is 7. The minimum Gasteiger partial charge on any atom is -0.493 e. The largest absolute Gasteiger partial charge is 0.493 e. The van der Waals surface area contributed by atoms with Gasteiger partial charge in [-0.1, -0.05) is 0 Å². The Kier molecular flexibility index (Phi) is 13.4. The average molecular weight is 603 g/mol. The third-order valence-corrected chi connectivity index (χ3v) is 7.16. The van der Waals surface area contributed by atoms with Crippen LogP contribution in [0.1, 0.15) is 50.3 Å². The molecule has 0 radical (unpaired) electrons. The Balaban J connectivity index is 1.37. The van der Waals surface area contributed by atoms with Crippen LogP contribution in [0.4, 0.5) is 0 Å². The summed E-state index contributed by atoms with van der Waals surface area (Å²) in [6.07, 6.45) is 3.04. The van der Waals surface area contributed by atoms with Crippen molar-refractivity contribution in [3.63, 3.8) is 0 Å². The summed E-state index contributed by atoms with van der Waals surface area (Å²) in [6.45, 7) is 5.92. The van der Waals surface area contributed by atoms with Crippen molar-refractivity contribution in [1.82, 2.24) is 9.80 Å². The first-order chi connectivity index (χ1) is 20.9. The quantitative estimate of drug-likeness (QED) is 0.159. The van der Waals surface area contributed by atoms with Crippen LogP contribution in [0.15, 0.2) is 24.3 Å². The molecule has 0 spiro atoms. The second-order valence-corrected chi connectivity index (χ2v) is 9.85. The van der Waals surface area contributed by atoms with Gasteiger partial charge in [-0.25, -0.2) is 9.59 Å². The van der Waals surface area contributed by atoms with Gasteiger partial charge in [-0.15, -0.1) is 0 Å². The van der Waals surface area contributed by atoms with Gasteiger partial charge < -0.3 is 43.0 Å². The molecular formula is C31H42N2O10. The summed E-state index contributed by atoms with van der Waals surface area (Å²) < 4.78 is 37.3. The fourth-order valence-corrected chi connectivity index (χ4v) is 4.94. The number of hydrogen-bond donors (Lipinski definition) is 0. The zero-order valence-corrected chi connectivity index (χ0v) is 25.6. The highest BCUT2D eigenvalue weighted by atomic mass is 16.5. The number of methoxy groups -OCH3 is 5. The van der Waals surface area contributed by atoms with Crippen molar-refractivity contribution in [3.8, 4) is 28.7 Å². The lowest BCUT2D eigenvalue weighted by atomic mass is 10.1. The van der Waals surface area contributed by atoms with Crippen molar-refractivity contribution >= 4 is 18.2 Å². The maximum atomic E-state index is 12.6. The van der Waals surface area contributed by atoms with Gasteiger partial charge in [0.15, 0.2) is 29.3 Å². The summed E-state index contributed by atoms with van der Waals surface area (Å²) in [6, 6.07) is 6.10. The number of aldehydes is 1. The van der Waals surface area contributed by atoms with E-state index in [4.69, 9.17) is 33.2 Å². The molecule has 0 aromatic heterocycles. The third kappa shape index (κ3) is 9.23. The number of nitrogens with zero attached hydrogens (tertiary/aromatic N) is 2. The minimum absolute atomic E-state index is 0.222. The van der Waals surface area contributed by atoms with Crippen LogP contribution in [0.5, 0.6) is 28.7 Å². The summed E-state index contributed by atoms with van der Waals surface area (Å²) in [5, 5.41) is 0. The zero-order valence-electron chi connectivity index (χ0n) is 25.6. The lowest BCUT2D eigenvalue weighted by Gasteiger charge is -2.21. The number of hydrogen-bond acceptors (Lipinski definition) is 12. The normalized spacial score (nSPS) is 13.9. The van der Waals surface area contributed by atoms with E-state index in [-0.39, 0.29) is 23.5 Å². The molecule has 1 aliphatic heterocycles. The SMILES string of the molecule is COc1cc(C(=O)OCCCN2CCCN(CCCOC(=O)c3cc(OC)c(OC)c(OC)c3)CC2)cc(C=O)c1OC. The van der Waals surface area contributed by atoms with Gasteiger partial charge in [0.05, 0.1) is 65.5 Å². The van der Waals surface area contributed by atoms with Gasteiger partial charge in [0.2, 0.25) is 5.75 Å². The first kappa shape index (κ1) is 33.5. The van der Waals surface area contributed by atoms with E-state index in [1.54, 1.807) is 12.1 Å². The first-order valence-corrected chi connectivity index (χ1v) is 14.2. The van der Waals surface area contributed by atoms with E-state index in [2.05, 4.69) is 9.80 Å². The smallest absolute Gasteiger partial charge is 0.338 e. The summed E-state index contributed by atoms with van der Waals surface area (Å²) in [4.78, 5) is 41.3. The first-order valence-electron chi connectivity index (χ1n) is 14.2. The van der Waals surface area contributed by atoms with Gasteiger partial charge in [0, 0.05) is 26.2 Å². The Labute approximate surface area is 252 Å². The van der Waals surface area contributed by atoms with E-state index in [0.717, 1.165) is 45.7 Å². The predicted octanol–water partition coefficient (Wildman–Crippen LogP) is 3.34. The van der Waals surface area contributed by atoms with E-state index in [1.165, 1.54) is 47.7 Å². The van der Waals surface area contributed by atoms with Gasteiger partial charge in [0.25, 0.3) is 0 Å². The molecule has 0 aliphatic carbocycles. The molecule has 0 bridgehead atoms. The number of carbonyl (C=O) groups excluding carboxylic acids is 3. The van der Waals surface area contributed by atoms with Crippen molar-refractivity contribution in [3.05, 3.63) is 41.0 Å². The van der Waals surface area contributed by atoms with Gasteiger partial charge in [-0.05, 0) is 56.6 Å². The van der Waals surface area contributed by atoms with Crippen LogP contribution in [0.2, 0.25) is 0 Å². The molecule has 0 unspecified atom stereocenters. The van der Waals surface area contributed by atoms with E-state index < -0.39 is 11.9 Å². The van der Waals surface area contributed by atoms with Crippen LogP contribution < -0.4 is 23.7 Å². The Morgan fingerprint density at radius 3 is 1.51 bits per heavy atom. The molecule has 12 nitrogen and oxygen atoms in total. The van der Waals surface area contributed by atoms with E-state index in [9.17, 15) is 14.4 Å². The van der Waals surface area contributed by atoms with E-state index in [0.29, 0.717) is 54.3 Å². The standard InChI is InChI=1S/C31H42N2O10/c1-37-25-18-22(17-24(21-34)28(25)40-4)30(35)42-15-7-11-32-9-6-10-33(14-13-32)12-8-16-43-31(36)23-19-26(38-2)29(41-5)27(20-23)39-3/h17-21H,6-16H2,1-5H3. The second-order valence-electron chi connectivity index (χ2n) is 9.85. The van der Waals surface area contributed by atoms with Crippen LogP contribution in [0.3, 0.4) is 0 Å². The van der Waals surface area contributed by atoms with Crippen LogP contribution >= 0.6 is 0 Å². The van der Waals surface area contributed by atoms with Crippen LogP contribution in [-0.4, -0.2) is 116 Å². The number of carbonyl (C=O) groups is 3. The number of esters is 2. The van der Waals surface area contributed by atoms with Gasteiger partial charge in [-0.3, -0.25) is 4.79 Å². The van der Waals surface area contributed by atoms with Crippen molar-refractivity contribution in [2.24, 2.45) is 0 Å². The monoisotopic (exact) mass is 602 g/mol. The number of benzene rings is 2. The van der Waals surface area contributed by atoms with Gasteiger partial charge in [-0.2, -0.15) is 0 Å². The van der Waals surface area contributed by atoms with Crippen molar-refractivity contribution in [2.45, 2.75) is 19.3 Å². The molecule has 236 valence electrons. The van der Waals surface area contributed by atoms with Crippen LogP contribution in [-0.2, 0) is 9.47 Å². The molecule has 1 fully saturated rings. The summed E-state index contributed by atoms with van der Waals surface area (Å²) in [5.41, 5.74) is 0.791. The molecule has 1 aliphatic rings. The summed E-state index contributed by atoms with van der Waals surface area (Å²) >= 11 is 0. The van der Waals surface area contributed by atoms with E-state index in [1.807, 2.05) is 0 Å². The molecule has 0 saturated carbocycles. The summed E-state index contributed by atoms with van der Waals surface area (Å²) in [7, 11) is 7.38. The highest BCUT2D eigenvalue weighted by Gasteiger charge is 2.20. The maximum absolute atomic E-state index is 12.6. The zero-order chi connectivity index (χ0) is 31.2. The molecule has 1 heterocycles. The predicted molar refractivity (Wildman–Crippen MR) is 158 cm³/mol. The molecule has 0 amide bonds. The fourth-order valence-electron chi connectivity index (χ4n) is 4.94. The molecule has 2 aromatic rings. The highest BCUT2D eigenvalue weighted by molar-refractivity contribution is 5.94. The van der Waals surface area contributed by atoms with E-state index >= 15 is 0 Å². The van der Waals surface area contributed by atoms with Gasteiger partial charge in [0.1, 0.15) is 0 Å². The molecule has 0 atom stereocenters. The lowest BCUT2D eigenvalue weighted by Crippen LogP contribution is -2.32. The molecule has 2 aromatic carbocycles. The Morgan fingerprint density at radius 2 is 1.09 bits per heavy atom. The Bertz CT molecular complexity index is 1210. The lowest BCUT2D eigenvalue weighted by molar-refractivity contribution is 0.0475. The fraction of sp³-hybridized carbons (Fsp3) is 0.516. The molecular weight excluding hydrogens is 560 g/mol. The van der Waals surface area contributed by atoms with Crippen LogP contribution in [0, 0.1) is 0 Å². The van der Waals surface area contributed by atoms with Crippen molar-refractivity contribution in [1.29, 1.82) is 0 Å². The Hall–Kier alpha value is -4.03. The minimum atomic E-state index is -0.517. The molecule has 12 heteroatoms.